The molecule has 2 aromatic rings. The molecular formula is C26H36N2O4. The van der Waals surface area contributed by atoms with Crippen LogP contribution < -0.4 is 9.64 Å². The standard InChI is InChI=1S/C26H36N2O4/c1-21-6-8-23(9-7-21)28-12-10-25(29,11-13-28)17-27-14-15-31-19-26(30,18-27)20-32-24-5-3-4-22(2)16-24/h3-9,16,29-30H,10-15,17-20H2,1-2H3/t26-/m0/s1. The zero-order chi connectivity index (χ0) is 22.6. The molecule has 1 atom stereocenters. The molecule has 2 fully saturated rings. The highest BCUT2D eigenvalue weighted by molar-refractivity contribution is 5.48. The molecule has 174 valence electrons. The normalized spacial score (nSPS) is 24.2. The second-order valence-corrected chi connectivity index (χ2v) is 9.64. The van der Waals surface area contributed by atoms with Gasteiger partial charge in [0.15, 0.2) is 0 Å². The molecule has 0 unspecified atom stereocenters. The van der Waals surface area contributed by atoms with Crippen molar-refractivity contribution < 1.29 is 19.7 Å². The van der Waals surface area contributed by atoms with Crippen LogP contribution in [0.25, 0.3) is 0 Å². The first kappa shape index (κ1) is 23.1. The molecule has 6 nitrogen and oxygen atoms in total. The first-order chi connectivity index (χ1) is 15.3. The summed E-state index contributed by atoms with van der Waals surface area (Å²) in [6.45, 7) is 8.33. The van der Waals surface area contributed by atoms with Gasteiger partial charge in [0, 0.05) is 38.4 Å². The van der Waals surface area contributed by atoms with Gasteiger partial charge in [-0.05, 0) is 56.5 Å². The van der Waals surface area contributed by atoms with Crippen molar-refractivity contribution in [1.82, 2.24) is 4.90 Å². The van der Waals surface area contributed by atoms with Gasteiger partial charge in [-0.3, -0.25) is 4.90 Å². The van der Waals surface area contributed by atoms with Crippen LogP contribution in [0.1, 0.15) is 24.0 Å². The lowest BCUT2D eigenvalue weighted by atomic mass is 9.90. The lowest BCUT2D eigenvalue weighted by molar-refractivity contribution is -0.0742. The molecule has 0 radical (unpaired) electrons. The fraction of sp³-hybridized carbons (Fsp3) is 0.538. The van der Waals surface area contributed by atoms with E-state index in [9.17, 15) is 10.2 Å². The van der Waals surface area contributed by atoms with Crippen molar-refractivity contribution in [1.29, 1.82) is 0 Å². The monoisotopic (exact) mass is 440 g/mol. The van der Waals surface area contributed by atoms with Crippen LogP contribution >= 0.6 is 0 Å². The topological polar surface area (TPSA) is 65.4 Å². The summed E-state index contributed by atoms with van der Waals surface area (Å²) in [5, 5.41) is 22.5. The smallest absolute Gasteiger partial charge is 0.134 e. The fourth-order valence-electron chi connectivity index (χ4n) is 4.65. The van der Waals surface area contributed by atoms with E-state index in [0.29, 0.717) is 39.1 Å². The number of anilines is 1. The van der Waals surface area contributed by atoms with E-state index >= 15 is 0 Å². The van der Waals surface area contributed by atoms with E-state index in [1.165, 1.54) is 11.3 Å². The lowest BCUT2D eigenvalue weighted by Gasteiger charge is -2.42. The Labute approximate surface area is 191 Å². The fourth-order valence-corrected chi connectivity index (χ4v) is 4.65. The minimum absolute atomic E-state index is 0.159. The molecule has 0 aromatic heterocycles. The Morgan fingerprint density at radius 3 is 2.41 bits per heavy atom. The second-order valence-electron chi connectivity index (χ2n) is 9.64. The molecule has 2 aliphatic rings. The van der Waals surface area contributed by atoms with Gasteiger partial charge in [0.25, 0.3) is 0 Å². The number of ether oxygens (including phenoxy) is 2. The maximum Gasteiger partial charge on any atom is 0.134 e. The van der Waals surface area contributed by atoms with Crippen LogP contribution in [0.5, 0.6) is 5.75 Å². The minimum Gasteiger partial charge on any atom is -0.490 e. The predicted octanol–water partition coefficient (Wildman–Crippen LogP) is 2.78. The van der Waals surface area contributed by atoms with Crippen LogP contribution in [0.15, 0.2) is 48.5 Å². The minimum atomic E-state index is -1.11. The summed E-state index contributed by atoms with van der Waals surface area (Å²) in [6, 6.07) is 16.4. The molecule has 2 heterocycles. The molecule has 0 aliphatic carbocycles. The van der Waals surface area contributed by atoms with E-state index in [1.807, 2.05) is 31.2 Å². The van der Waals surface area contributed by atoms with Crippen LogP contribution in [-0.2, 0) is 4.74 Å². The highest BCUT2D eigenvalue weighted by atomic mass is 16.5. The summed E-state index contributed by atoms with van der Waals surface area (Å²) in [4.78, 5) is 4.47. The largest absolute Gasteiger partial charge is 0.490 e. The van der Waals surface area contributed by atoms with Gasteiger partial charge >= 0.3 is 0 Å². The summed E-state index contributed by atoms with van der Waals surface area (Å²) in [5.41, 5.74) is 1.71. The van der Waals surface area contributed by atoms with Gasteiger partial charge in [0.1, 0.15) is 18.0 Å². The third-order valence-electron chi connectivity index (χ3n) is 6.55. The number of benzene rings is 2. The van der Waals surface area contributed by atoms with Crippen LogP contribution in [0.4, 0.5) is 5.69 Å². The number of piperidine rings is 1. The van der Waals surface area contributed by atoms with Crippen LogP contribution in [0.2, 0.25) is 0 Å². The van der Waals surface area contributed by atoms with Crippen LogP contribution in [0.3, 0.4) is 0 Å². The predicted molar refractivity (Wildman–Crippen MR) is 126 cm³/mol. The molecule has 0 spiro atoms. The highest BCUT2D eigenvalue weighted by Crippen LogP contribution is 2.28. The Hall–Kier alpha value is -2.12. The molecule has 2 aliphatic heterocycles. The van der Waals surface area contributed by atoms with Gasteiger partial charge in [-0.25, -0.2) is 0 Å². The van der Waals surface area contributed by atoms with Crippen molar-refractivity contribution >= 4 is 5.69 Å². The maximum absolute atomic E-state index is 11.3. The Bertz CT molecular complexity index is 880. The van der Waals surface area contributed by atoms with Crippen molar-refractivity contribution in [2.24, 2.45) is 0 Å². The van der Waals surface area contributed by atoms with Gasteiger partial charge in [0.05, 0.1) is 18.8 Å². The quantitative estimate of drug-likeness (QED) is 0.720. The van der Waals surface area contributed by atoms with E-state index in [4.69, 9.17) is 9.47 Å². The van der Waals surface area contributed by atoms with Crippen molar-refractivity contribution in [2.75, 3.05) is 57.4 Å². The number of aliphatic hydroxyl groups is 2. The van der Waals surface area contributed by atoms with Gasteiger partial charge < -0.3 is 24.6 Å². The van der Waals surface area contributed by atoms with Gasteiger partial charge in [-0.15, -0.1) is 0 Å². The molecule has 6 heteroatoms. The first-order valence-electron chi connectivity index (χ1n) is 11.6. The Morgan fingerprint density at radius 2 is 1.69 bits per heavy atom. The van der Waals surface area contributed by atoms with Crippen molar-refractivity contribution in [3.05, 3.63) is 59.7 Å². The van der Waals surface area contributed by atoms with Crippen molar-refractivity contribution in [2.45, 2.75) is 37.9 Å². The molecule has 32 heavy (non-hydrogen) atoms. The average molecular weight is 441 g/mol. The number of hydrogen-bond acceptors (Lipinski definition) is 6. The number of hydrogen-bond donors (Lipinski definition) is 2. The number of rotatable bonds is 6. The summed E-state index contributed by atoms with van der Waals surface area (Å²) in [5.74, 6) is 0.747. The molecule has 0 bridgehead atoms. The van der Waals surface area contributed by atoms with Gasteiger partial charge in [-0.2, -0.15) is 0 Å². The maximum atomic E-state index is 11.3. The average Bonchev–Trinajstić information content (AvgIpc) is 2.95. The van der Waals surface area contributed by atoms with E-state index in [2.05, 4.69) is 41.0 Å². The molecule has 0 saturated carbocycles. The number of nitrogens with zero attached hydrogens (tertiary/aromatic N) is 2. The summed E-state index contributed by atoms with van der Waals surface area (Å²) >= 11 is 0. The third-order valence-corrected chi connectivity index (χ3v) is 6.55. The lowest BCUT2D eigenvalue weighted by Crippen LogP contribution is -2.55. The number of β-amino-alcohol motifs (C(OH)–C–C–N with tert-alkyl or cyclic N) is 2. The molecule has 4 rings (SSSR count). The number of aryl methyl sites for hydroxylation is 2. The summed E-state index contributed by atoms with van der Waals surface area (Å²) in [6.07, 6.45) is 1.41. The van der Waals surface area contributed by atoms with E-state index in [-0.39, 0.29) is 13.2 Å². The molecule has 2 N–H and O–H groups in total. The molecular weight excluding hydrogens is 404 g/mol. The van der Waals surface area contributed by atoms with Crippen LogP contribution in [-0.4, -0.2) is 78.9 Å². The first-order valence-corrected chi connectivity index (χ1v) is 11.6. The molecule has 0 amide bonds. The zero-order valence-corrected chi connectivity index (χ0v) is 19.3. The van der Waals surface area contributed by atoms with Crippen LogP contribution in [0, 0.1) is 13.8 Å². The van der Waals surface area contributed by atoms with Crippen molar-refractivity contribution in [3.63, 3.8) is 0 Å². The molecule has 2 aromatic carbocycles. The van der Waals surface area contributed by atoms with E-state index < -0.39 is 11.2 Å². The molecule has 2 saturated heterocycles. The van der Waals surface area contributed by atoms with Crippen molar-refractivity contribution in [3.8, 4) is 5.75 Å². The Balaban J connectivity index is 1.33. The summed E-state index contributed by atoms with van der Waals surface area (Å²) < 4.78 is 11.6. The Kier molecular flexibility index (Phi) is 7.05. The Morgan fingerprint density at radius 1 is 0.938 bits per heavy atom. The van der Waals surface area contributed by atoms with Gasteiger partial charge in [-0.1, -0.05) is 29.8 Å². The van der Waals surface area contributed by atoms with Gasteiger partial charge in [0.2, 0.25) is 0 Å². The second kappa shape index (κ2) is 9.79. The summed E-state index contributed by atoms with van der Waals surface area (Å²) in [7, 11) is 0. The van der Waals surface area contributed by atoms with E-state index in [0.717, 1.165) is 24.4 Å². The van der Waals surface area contributed by atoms with E-state index in [1.54, 1.807) is 0 Å². The highest BCUT2D eigenvalue weighted by Gasteiger charge is 2.39. The SMILES string of the molecule is Cc1ccc(N2CCC(O)(CN3CCOC[C@](O)(COc4cccc(C)c4)C3)CC2)cc1. The zero-order valence-electron chi connectivity index (χ0n) is 19.3. The third kappa shape index (κ3) is 6.01.